The van der Waals surface area contributed by atoms with Gasteiger partial charge in [-0.3, -0.25) is 29.1 Å². The molecule has 2 saturated heterocycles. The number of fused-ring (bicyclic) bond motifs is 2. The molecule has 3 N–H and O–H groups in total. The topological polar surface area (TPSA) is 221 Å². The maximum atomic E-state index is 13.8. The number of pyridine rings is 2. The van der Waals surface area contributed by atoms with Gasteiger partial charge in [-0.1, -0.05) is 36.4 Å². The van der Waals surface area contributed by atoms with E-state index in [4.69, 9.17) is 18.9 Å². The van der Waals surface area contributed by atoms with Gasteiger partial charge in [0.05, 0.1) is 86.9 Å². The van der Waals surface area contributed by atoms with E-state index in [9.17, 15) is 47.3 Å². The zero-order valence-electron chi connectivity index (χ0n) is 40.4. The monoisotopic (exact) mass is 1030 g/mol. The fourth-order valence-electron chi connectivity index (χ4n) is 8.68. The van der Waals surface area contributed by atoms with Crippen LogP contribution in [-0.2, 0) is 19.1 Å². The summed E-state index contributed by atoms with van der Waals surface area (Å²) in [5.41, 5.74) is 4.91. The Morgan fingerprint density at radius 3 is 1.36 bits per heavy atom. The van der Waals surface area contributed by atoms with E-state index in [0.717, 1.165) is 32.1 Å². The number of carbonyl (C=O) groups is 4. The van der Waals surface area contributed by atoms with Gasteiger partial charge in [0.2, 0.25) is 11.8 Å². The van der Waals surface area contributed by atoms with Crippen LogP contribution < -0.4 is 25.4 Å². The Labute approximate surface area is 428 Å². The number of aromatic nitrogens is 2. The average Bonchev–Trinajstić information content (AvgIpc) is 3.93. The molecule has 21 heteroatoms. The summed E-state index contributed by atoms with van der Waals surface area (Å²) in [6.07, 6.45) is 1.46. The van der Waals surface area contributed by atoms with Crippen molar-refractivity contribution in [1.29, 1.82) is 10.5 Å². The molecule has 0 aliphatic carbocycles. The second-order valence-electron chi connectivity index (χ2n) is 17.7. The van der Waals surface area contributed by atoms with Crippen LogP contribution >= 0.6 is 0 Å². The van der Waals surface area contributed by atoms with Crippen LogP contribution in [-0.4, -0.2) is 146 Å². The van der Waals surface area contributed by atoms with Crippen molar-refractivity contribution in [3.05, 3.63) is 121 Å². The molecule has 2 fully saturated rings. The maximum absolute atomic E-state index is 13.8. The molecule has 388 valence electrons. The number of alkyl halides is 4. The first-order valence-corrected chi connectivity index (χ1v) is 24.0. The minimum atomic E-state index is -3.16. The van der Waals surface area contributed by atoms with E-state index < -0.39 is 86.6 Å². The third-order valence-electron chi connectivity index (χ3n) is 12.5. The molecule has 2 aliphatic rings. The number of benzene rings is 4. The number of hydrogen-bond donors (Lipinski definition) is 3. The molecule has 2 atom stereocenters. The summed E-state index contributed by atoms with van der Waals surface area (Å²) in [7, 11) is 0. The first kappa shape index (κ1) is 53.1. The van der Waals surface area contributed by atoms with E-state index >= 15 is 0 Å². The minimum Gasteiger partial charge on any atom is -0.491 e. The van der Waals surface area contributed by atoms with Gasteiger partial charge in [0, 0.05) is 49.1 Å². The third kappa shape index (κ3) is 13.7. The van der Waals surface area contributed by atoms with Gasteiger partial charge >= 0.3 is 0 Å². The van der Waals surface area contributed by atoms with Crippen LogP contribution in [0.4, 0.5) is 17.6 Å². The molecule has 0 saturated carbocycles. The number of nitriles is 2. The van der Waals surface area contributed by atoms with Crippen molar-refractivity contribution in [2.24, 2.45) is 0 Å². The zero-order valence-corrected chi connectivity index (χ0v) is 40.4. The molecular weight excluding hydrogens is 979 g/mol. The predicted octanol–water partition coefficient (Wildman–Crippen LogP) is 6.18. The van der Waals surface area contributed by atoms with Crippen molar-refractivity contribution in [2.75, 3.05) is 78.9 Å². The molecular formula is C54H51F4N9O8. The first-order valence-electron chi connectivity index (χ1n) is 24.0. The van der Waals surface area contributed by atoms with E-state index in [-0.39, 0.29) is 11.1 Å². The van der Waals surface area contributed by atoms with Crippen LogP contribution in [0.1, 0.15) is 33.6 Å². The summed E-state index contributed by atoms with van der Waals surface area (Å²) < 4.78 is 78.5. The van der Waals surface area contributed by atoms with Gasteiger partial charge in [0.15, 0.2) is 0 Å². The highest BCUT2D eigenvalue weighted by Crippen LogP contribution is 2.34. The molecule has 0 unspecified atom stereocenters. The van der Waals surface area contributed by atoms with E-state index in [1.54, 1.807) is 24.3 Å². The second kappa shape index (κ2) is 24.2. The average molecular weight is 1030 g/mol. The summed E-state index contributed by atoms with van der Waals surface area (Å²) in [6, 6.07) is 29.7. The Hall–Kier alpha value is -8.24. The maximum Gasteiger partial charge on any atom is 0.268 e. The van der Waals surface area contributed by atoms with Gasteiger partial charge in [0.25, 0.3) is 23.7 Å². The number of ether oxygens (including phenoxy) is 4. The lowest BCUT2D eigenvalue weighted by molar-refractivity contribution is -0.132. The normalized spacial score (nSPS) is 16.6. The molecule has 4 aromatic carbocycles. The number of rotatable bonds is 22. The summed E-state index contributed by atoms with van der Waals surface area (Å²) >= 11 is 0. The lowest BCUT2D eigenvalue weighted by Gasteiger charge is -2.19. The lowest BCUT2D eigenvalue weighted by Crippen LogP contribution is -2.43. The number of hydrogen-bond acceptors (Lipinski definition) is 13. The van der Waals surface area contributed by atoms with E-state index in [2.05, 4.69) is 25.9 Å². The van der Waals surface area contributed by atoms with E-state index in [1.807, 2.05) is 72.8 Å². The van der Waals surface area contributed by atoms with Gasteiger partial charge in [-0.25, -0.2) is 17.6 Å². The van der Waals surface area contributed by atoms with Crippen LogP contribution in [0.3, 0.4) is 0 Å². The fraction of sp³-hybridized carbons (Fsp3) is 0.333. The number of nitrogens with zero attached hydrogens (tertiary/aromatic N) is 6. The van der Waals surface area contributed by atoms with Crippen molar-refractivity contribution in [3.63, 3.8) is 0 Å². The van der Waals surface area contributed by atoms with Crippen LogP contribution in [0.5, 0.6) is 11.5 Å². The van der Waals surface area contributed by atoms with Crippen LogP contribution in [0, 0.1) is 22.7 Å². The smallest absolute Gasteiger partial charge is 0.268 e. The van der Waals surface area contributed by atoms with Crippen molar-refractivity contribution in [2.45, 2.75) is 36.8 Å². The molecule has 2 aromatic heterocycles. The fourth-order valence-corrected chi connectivity index (χ4v) is 8.68. The summed E-state index contributed by atoms with van der Waals surface area (Å²) in [4.78, 5) is 61.9. The number of likely N-dealkylation sites (tertiary alicyclic amines) is 2. The predicted molar refractivity (Wildman–Crippen MR) is 266 cm³/mol. The Kier molecular flexibility index (Phi) is 17.1. The highest BCUT2D eigenvalue weighted by Gasteiger charge is 2.48. The first-order chi connectivity index (χ1) is 36.2. The Bertz CT molecular complexity index is 2910. The summed E-state index contributed by atoms with van der Waals surface area (Å²) in [6.45, 7) is 0.789. The highest BCUT2D eigenvalue weighted by atomic mass is 19.3. The van der Waals surface area contributed by atoms with Crippen molar-refractivity contribution < 1.29 is 55.7 Å². The SMILES string of the molecule is N#C[C@@H]1CC(F)(F)CN1C(=O)CNC(=O)c1ccnc2ccc(-c3ccc(OCCOCCNCCOCCOc4ccc(-c5ccc6nccc(C(=O)NCC(=O)N7CC(F)(F)C[C@H]7C#N)c6c5)cc4)cc3)cc12. The molecule has 0 radical (unpaired) electrons. The molecule has 6 aromatic rings. The van der Waals surface area contributed by atoms with Crippen LogP contribution in [0.25, 0.3) is 44.1 Å². The third-order valence-corrected chi connectivity index (χ3v) is 12.5. The number of carbonyl (C=O) groups excluding carboxylic acids is 4. The number of halogens is 4. The molecule has 75 heavy (non-hydrogen) atoms. The highest BCUT2D eigenvalue weighted by molar-refractivity contribution is 6.08. The molecule has 0 spiro atoms. The van der Waals surface area contributed by atoms with Crippen LogP contribution in [0.2, 0.25) is 0 Å². The molecule has 8 rings (SSSR count). The summed E-state index contributed by atoms with van der Waals surface area (Å²) in [5, 5.41) is 27.8. The lowest BCUT2D eigenvalue weighted by atomic mass is 10.0. The molecule has 0 bridgehead atoms. The molecule has 2 aliphatic heterocycles. The standard InChI is InChI=1S/C54H51F4N9O8/c55-53(56)27-39(29-59)66(33-53)49(68)31-64-51(70)43-13-15-62-47-11-5-37(25-45(43)47)35-1-7-41(8-2-35)74-23-21-72-19-17-61-18-20-73-22-24-75-42-9-3-36(4-10-42)38-6-12-48-46(26-38)44(14-16-63-48)52(71)65-32-50(69)67-34-54(57,58)28-40(67)30-60/h1-16,25-26,39-40,61H,17-24,27-28,31-34H2,(H,64,70)(H,65,71)/t39-,40-/m0/s1. The Morgan fingerprint density at radius 2 is 0.960 bits per heavy atom. The van der Waals surface area contributed by atoms with Gasteiger partial charge in [0.1, 0.15) is 36.8 Å². The van der Waals surface area contributed by atoms with E-state index in [0.29, 0.717) is 86.0 Å². The largest absolute Gasteiger partial charge is 0.491 e. The molecule has 4 heterocycles. The van der Waals surface area contributed by atoms with Crippen molar-refractivity contribution in [1.82, 2.24) is 35.7 Å². The van der Waals surface area contributed by atoms with E-state index in [1.165, 1.54) is 24.5 Å². The van der Waals surface area contributed by atoms with Gasteiger partial charge in [-0.2, -0.15) is 10.5 Å². The molecule has 4 amide bonds. The quantitative estimate of drug-likeness (QED) is 0.0512. The van der Waals surface area contributed by atoms with Gasteiger partial charge in [-0.05, 0) is 82.9 Å². The molecule has 17 nitrogen and oxygen atoms in total. The van der Waals surface area contributed by atoms with Crippen LogP contribution in [0.15, 0.2) is 109 Å². The Balaban J connectivity index is 0.685. The number of nitrogens with one attached hydrogen (secondary N) is 3. The van der Waals surface area contributed by atoms with Crippen molar-refractivity contribution in [3.8, 4) is 45.9 Å². The number of amides is 4. The second-order valence-corrected chi connectivity index (χ2v) is 17.7. The van der Waals surface area contributed by atoms with Gasteiger partial charge in [-0.15, -0.1) is 0 Å². The van der Waals surface area contributed by atoms with Gasteiger partial charge < -0.3 is 44.7 Å². The summed E-state index contributed by atoms with van der Waals surface area (Å²) in [5.74, 6) is -7.72. The van der Waals surface area contributed by atoms with Crippen molar-refractivity contribution >= 4 is 45.4 Å². The zero-order chi connectivity index (χ0) is 53.0. The Morgan fingerprint density at radius 1 is 0.560 bits per heavy atom. The minimum absolute atomic E-state index is 0.253.